The number of amides is 2. The molecule has 2 aromatic heterocycles. The van der Waals surface area contributed by atoms with Crippen LogP contribution in [0.15, 0.2) is 76.5 Å². The first-order valence-corrected chi connectivity index (χ1v) is 11.8. The lowest BCUT2D eigenvalue weighted by Crippen LogP contribution is -2.31. The molecule has 0 bridgehead atoms. The molecule has 1 N–H and O–H groups in total. The van der Waals surface area contributed by atoms with Crippen LogP contribution in [0.4, 0.5) is 5.69 Å². The van der Waals surface area contributed by atoms with Gasteiger partial charge in [-0.25, -0.2) is 4.98 Å². The predicted octanol–water partition coefficient (Wildman–Crippen LogP) is 3.96. The van der Waals surface area contributed by atoms with E-state index in [1.54, 1.807) is 56.8 Å². The number of hydrogen-bond acceptors (Lipinski definition) is 6. The molecule has 0 atom stereocenters. The van der Waals surface area contributed by atoms with Crippen molar-refractivity contribution in [3.63, 3.8) is 0 Å². The molecule has 4 aromatic rings. The molecule has 0 radical (unpaired) electrons. The van der Waals surface area contributed by atoms with Crippen LogP contribution in [-0.4, -0.2) is 47.9 Å². The van der Waals surface area contributed by atoms with Crippen molar-refractivity contribution in [2.75, 3.05) is 31.4 Å². The van der Waals surface area contributed by atoms with Gasteiger partial charge in [-0.3, -0.25) is 9.59 Å². The summed E-state index contributed by atoms with van der Waals surface area (Å²) in [7, 11) is 3.34. The zero-order valence-electron chi connectivity index (χ0n) is 19.1. The molecule has 34 heavy (non-hydrogen) atoms. The number of nitrogens with zero attached hydrogens (tertiary/aromatic N) is 3. The van der Waals surface area contributed by atoms with Crippen molar-refractivity contribution in [1.82, 2.24) is 14.9 Å². The lowest BCUT2D eigenvalue weighted by molar-refractivity contribution is -0.115. The second-order valence-electron chi connectivity index (χ2n) is 7.55. The van der Waals surface area contributed by atoms with E-state index < -0.39 is 0 Å². The number of rotatable bonds is 10. The van der Waals surface area contributed by atoms with E-state index >= 15 is 0 Å². The Bertz CT molecular complexity index is 1270. The summed E-state index contributed by atoms with van der Waals surface area (Å²) < 4.78 is 12.6. The lowest BCUT2D eigenvalue weighted by atomic mass is 10.1. The largest absolute Gasteiger partial charge is 0.467 e. The number of ether oxygens (including phenoxy) is 1. The smallest absolute Gasteiger partial charge is 0.253 e. The molecule has 0 saturated carbocycles. The molecule has 0 unspecified atom stereocenters. The second kappa shape index (κ2) is 11.0. The number of nitrogens with one attached hydrogen (secondary N) is 1. The summed E-state index contributed by atoms with van der Waals surface area (Å²) in [6.07, 6.45) is 1.56. The maximum absolute atomic E-state index is 13.1. The Balaban J connectivity index is 1.46. The van der Waals surface area contributed by atoms with Crippen molar-refractivity contribution in [1.29, 1.82) is 0 Å². The molecular weight excluding hydrogens is 452 g/mol. The van der Waals surface area contributed by atoms with E-state index in [1.807, 2.05) is 24.3 Å². The van der Waals surface area contributed by atoms with Crippen LogP contribution in [0.3, 0.4) is 0 Å². The van der Waals surface area contributed by atoms with E-state index in [4.69, 9.17) is 14.1 Å². The van der Waals surface area contributed by atoms with Gasteiger partial charge in [-0.15, -0.1) is 0 Å². The van der Waals surface area contributed by atoms with Gasteiger partial charge in [0.2, 0.25) is 5.91 Å². The maximum atomic E-state index is 13.1. The van der Waals surface area contributed by atoms with Crippen molar-refractivity contribution in [2.45, 2.75) is 18.2 Å². The molecule has 0 aliphatic carbocycles. The molecule has 0 fully saturated rings. The Morgan fingerprint density at radius 2 is 1.91 bits per heavy atom. The third-order valence-corrected chi connectivity index (χ3v) is 6.31. The van der Waals surface area contributed by atoms with E-state index in [9.17, 15) is 9.59 Å². The minimum atomic E-state index is -0.277. The molecule has 2 heterocycles. The highest BCUT2D eigenvalue weighted by molar-refractivity contribution is 7.99. The normalized spacial score (nSPS) is 11.0. The van der Waals surface area contributed by atoms with Gasteiger partial charge in [-0.1, -0.05) is 36.0 Å². The molecule has 2 amide bonds. The van der Waals surface area contributed by atoms with Gasteiger partial charge >= 0.3 is 0 Å². The van der Waals surface area contributed by atoms with Gasteiger partial charge in [0.05, 0.1) is 47.5 Å². The van der Waals surface area contributed by atoms with Crippen LogP contribution in [0.1, 0.15) is 16.1 Å². The molecule has 9 heteroatoms. The summed E-state index contributed by atoms with van der Waals surface area (Å²) >= 11 is 1.37. The zero-order chi connectivity index (χ0) is 23.9. The van der Waals surface area contributed by atoms with Crippen LogP contribution < -0.4 is 10.2 Å². The fraction of sp³-hybridized carbons (Fsp3) is 0.240. The summed E-state index contributed by atoms with van der Waals surface area (Å²) in [6.45, 7) is 1.45. The van der Waals surface area contributed by atoms with E-state index in [0.717, 1.165) is 16.2 Å². The number of para-hydroxylation sites is 3. The third kappa shape index (κ3) is 5.32. The van der Waals surface area contributed by atoms with Crippen molar-refractivity contribution < 1.29 is 18.7 Å². The molecule has 0 spiro atoms. The molecule has 8 nitrogen and oxygen atoms in total. The highest BCUT2D eigenvalue weighted by Gasteiger charge is 2.20. The highest BCUT2D eigenvalue weighted by atomic mass is 32.2. The fourth-order valence-corrected chi connectivity index (χ4v) is 4.51. The first-order valence-electron chi connectivity index (χ1n) is 10.8. The summed E-state index contributed by atoms with van der Waals surface area (Å²) in [4.78, 5) is 32.1. The molecule has 0 aliphatic rings. The Kier molecular flexibility index (Phi) is 7.66. The maximum Gasteiger partial charge on any atom is 0.253 e. The van der Waals surface area contributed by atoms with Crippen molar-refractivity contribution >= 4 is 40.3 Å². The predicted molar refractivity (Wildman–Crippen MR) is 132 cm³/mol. The SMILES string of the molecule is COCCn1c(SCC(=O)N(C)c2ccccc2C(=O)NCc2ccco2)nc2ccccc21. The molecular formula is C25H26N4O4S. The standard InChI is InChI=1S/C25H26N4O4S/c1-28(21-11-5-3-9-19(21)24(31)26-16-18-8-7-14-33-18)23(30)17-34-25-27-20-10-4-6-12-22(20)29(25)13-15-32-2/h3-12,14H,13,15-17H2,1-2H3,(H,26,31). The lowest BCUT2D eigenvalue weighted by Gasteiger charge is -2.20. The molecule has 0 saturated heterocycles. The van der Waals surface area contributed by atoms with Crippen LogP contribution in [-0.2, 0) is 22.6 Å². The van der Waals surface area contributed by atoms with Gasteiger partial charge in [0, 0.05) is 20.7 Å². The Morgan fingerprint density at radius 3 is 2.71 bits per heavy atom. The number of methoxy groups -OCH3 is 1. The number of fused-ring (bicyclic) bond motifs is 1. The quantitative estimate of drug-likeness (QED) is 0.347. The average molecular weight is 479 g/mol. The number of hydrogen-bond donors (Lipinski definition) is 1. The fourth-order valence-electron chi connectivity index (χ4n) is 3.55. The van der Waals surface area contributed by atoms with Crippen LogP contribution >= 0.6 is 11.8 Å². The van der Waals surface area contributed by atoms with Crippen LogP contribution in [0.25, 0.3) is 11.0 Å². The number of carbonyl (C=O) groups is 2. The minimum Gasteiger partial charge on any atom is -0.467 e. The first kappa shape index (κ1) is 23.6. The number of benzene rings is 2. The van der Waals surface area contributed by atoms with Crippen molar-refractivity contribution in [3.05, 3.63) is 78.3 Å². The van der Waals surface area contributed by atoms with Crippen molar-refractivity contribution in [3.8, 4) is 0 Å². The molecule has 4 rings (SSSR count). The van der Waals surface area contributed by atoms with Gasteiger partial charge < -0.3 is 23.9 Å². The summed E-state index contributed by atoms with van der Waals surface area (Å²) in [5.74, 6) is 0.417. The van der Waals surface area contributed by atoms with Crippen LogP contribution in [0, 0.1) is 0 Å². The topological polar surface area (TPSA) is 89.6 Å². The minimum absolute atomic E-state index is 0.137. The van der Waals surface area contributed by atoms with E-state index in [-0.39, 0.29) is 24.1 Å². The monoisotopic (exact) mass is 478 g/mol. The molecule has 2 aromatic carbocycles. The number of thioether (sulfide) groups is 1. The van der Waals surface area contributed by atoms with Gasteiger partial charge in [-0.2, -0.15) is 0 Å². The number of carbonyl (C=O) groups excluding carboxylic acids is 2. The van der Waals surface area contributed by atoms with Gasteiger partial charge in [0.15, 0.2) is 5.16 Å². The van der Waals surface area contributed by atoms with E-state index in [0.29, 0.717) is 30.2 Å². The van der Waals surface area contributed by atoms with E-state index in [2.05, 4.69) is 9.88 Å². The molecule has 0 aliphatic heterocycles. The van der Waals surface area contributed by atoms with Crippen LogP contribution in [0.2, 0.25) is 0 Å². The number of aromatic nitrogens is 2. The van der Waals surface area contributed by atoms with Gasteiger partial charge in [0.25, 0.3) is 5.91 Å². The summed E-state index contributed by atoms with van der Waals surface area (Å²) in [5.41, 5.74) is 2.84. The van der Waals surface area contributed by atoms with Gasteiger partial charge in [0.1, 0.15) is 5.76 Å². The second-order valence-corrected chi connectivity index (χ2v) is 8.49. The zero-order valence-corrected chi connectivity index (χ0v) is 19.9. The molecule has 176 valence electrons. The van der Waals surface area contributed by atoms with Crippen LogP contribution in [0.5, 0.6) is 0 Å². The first-order chi connectivity index (χ1) is 16.6. The Morgan fingerprint density at radius 1 is 1.12 bits per heavy atom. The number of anilines is 1. The number of furan rings is 1. The average Bonchev–Trinajstić information content (AvgIpc) is 3.51. The van der Waals surface area contributed by atoms with E-state index in [1.165, 1.54) is 16.7 Å². The Hall–Kier alpha value is -3.56. The highest BCUT2D eigenvalue weighted by Crippen LogP contribution is 2.26. The number of imidazole rings is 1. The third-order valence-electron chi connectivity index (χ3n) is 5.35. The summed E-state index contributed by atoms with van der Waals surface area (Å²) in [5, 5.41) is 3.59. The Labute approximate surface area is 201 Å². The van der Waals surface area contributed by atoms with Gasteiger partial charge in [-0.05, 0) is 36.4 Å². The summed E-state index contributed by atoms with van der Waals surface area (Å²) in [6, 6.07) is 18.5. The van der Waals surface area contributed by atoms with Crippen molar-refractivity contribution in [2.24, 2.45) is 0 Å².